The van der Waals surface area contributed by atoms with Crippen molar-refractivity contribution >= 4 is 33.8 Å². The third-order valence-corrected chi connectivity index (χ3v) is 5.08. The summed E-state index contributed by atoms with van der Waals surface area (Å²) in [7, 11) is 3.97. The minimum Gasteiger partial charge on any atom is -0.378 e. The number of nitrogens with zero attached hydrogens (tertiary/aromatic N) is 1. The van der Waals surface area contributed by atoms with Crippen molar-refractivity contribution < 1.29 is 9.59 Å². The number of carbonyl (C=O) groups excluding carboxylic acids is 2. The number of amides is 2. The van der Waals surface area contributed by atoms with Gasteiger partial charge in [0.2, 0.25) is 5.91 Å². The maximum absolute atomic E-state index is 12.2. The van der Waals surface area contributed by atoms with E-state index >= 15 is 0 Å². The van der Waals surface area contributed by atoms with Crippen molar-refractivity contribution in [2.75, 3.05) is 24.3 Å². The maximum atomic E-state index is 12.2. The number of carbonyl (C=O) groups is 2. The van der Waals surface area contributed by atoms with Gasteiger partial charge in [-0.05, 0) is 43.5 Å². The normalized spacial score (nSPS) is 10.5. The van der Waals surface area contributed by atoms with Crippen molar-refractivity contribution in [3.05, 3.63) is 45.8 Å². The zero-order chi connectivity index (χ0) is 17.9. The molecule has 0 aliphatic carbocycles. The summed E-state index contributed by atoms with van der Waals surface area (Å²) in [6.45, 7) is 3.75. The molecule has 2 aromatic rings. The van der Waals surface area contributed by atoms with Gasteiger partial charge in [-0.25, -0.2) is 0 Å². The first kappa shape index (κ1) is 18.0. The predicted octanol–water partition coefficient (Wildman–Crippen LogP) is 3.10. The van der Waals surface area contributed by atoms with Crippen LogP contribution in [-0.2, 0) is 11.2 Å². The molecular weight excluding hydrogens is 322 g/mol. The van der Waals surface area contributed by atoms with Gasteiger partial charge in [0.15, 0.2) is 0 Å². The Morgan fingerprint density at radius 1 is 1.25 bits per heavy atom. The van der Waals surface area contributed by atoms with Gasteiger partial charge in [0.05, 0.1) is 5.56 Å². The van der Waals surface area contributed by atoms with Crippen LogP contribution in [0.1, 0.15) is 32.8 Å². The molecule has 1 heterocycles. The molecule has 0 spiro atoms. The van der Waals surface area contributed by atoms with Crippen molar-refractivity contribution in [2.45, 2.75) is 26.7 Å². The standard InChI is InChI=1S/C18H23N3O2S/c1-11-12(2)24-18(16(11)17(19)23)20-15(22)9-8-13-6-5-7-14(10-13)21(3)4/h5-7,10H,8-9H2,1-4H3,(H2,19,23)(H,20,22). The highest BCUT2D eigenvalue weighted by Crippen LogP contribution is 2.32. The van der Waals surface area contributed by atoms with Crippen LogP contribution in [-0.4, -0.2) is 25.9 Å². The molecule has 0 fully saturated rings. The van der Waals surface area contributed by atoms with Gasteiger partial charge < -0.3 is 16.0 Å². The second-order valence-corrected chi connectivity index (χ2v) is 7.19. The second-order valence-electron chi connectivity index (χ2n) is 5.96. The van der Waals surface area contributed by atoms with Crippen LogP contribution in [0.4, 0.5) is 10.7 Å². The minimum absolute atomic E-state index is 0.117. The average Bonchev–Trinajstić information content (AvgIpc) is 2.80. The zero-order valence-electron chi connectivity index (χ0n) is 14.5. The van der Waals surface area contributed by atoms with Crippen molar-refractivity contribution in [2.24, 2.45) is 5.73 Å². The van der Waals surface area contributed by atoms with Crippen LogP contribution in [0.2, 0.25) is 0 Å². The van der Waals surface area contributed by atoms with Gasteiger partial charge in [-0.15, -0.1) is 11.3 Å². The van der Waals surface area contributed by atoms with Gasteiger partial charge in [-0.1, -0.05) is 12.1 Å². The molecule has 1 aromatic heterocycles. The van der Waals surface area contributed by atoms with E-state index in [9.17, 15) is 9.59 Å². The van der Waals surface area contributed by atoms with Gasteiger partial charge in [0.25, 0.3) is 5.91 Å². The molecule has 5 nitrogen and oxygen atoms in total. The molecule has 3 N–H and O–H groups in total. The highest BCUT2D eigenvalue weighted by molar-refractivity contribution is 7.16. The van der Waals surface area contributed by atoms with Crippen LogP contribution in [0.5, 0.6) is 0 Å². The van der Waals surface area contributed by atoms with Crippen LogP contribution < -0.4 is 16.0 Å². The fourth-order valence-electron chi connectivity index (χ4n) is 2.45. The van der Waals surface area contributed by atoms with Gasteiger partial charge in [-0.3, -0.25) is 9.59 Å². The lowest BCUT2D eigenvalue weighted by molar-refractivity contribution is -0.116. The number of rotatable bonds is 6. The Balaban J connectivity index is 2.03. The van der Waals surface area contributed by atoms with Gasteiger partial charge in [-0.2, -0.15) is 0 Å². The molecule has 0 atom stereocenters. The summed E-state index contributed by atoms with van der Waals surface area (Å²) < 4.78 is 0. The van der Waals surface area contributed by atoms with Crippen molar-refractivity contribution in [3.63, 3.8) is 0 Å². The van der Waals surface area contributed by atoms with E-state index in [0.29, 0.717) is 23.4 Å². The lowest BCUT2D eigenvalue weighted by Gasteiger charge is -2.13. The number of aryl methyl sites for hydroxylation is 2. The molecule has 0 aliphatic rings. The first-order chi connectivity index (χ1) is 11.3. The predicted molar refractivity (Wildman–Crippen MR) is 100 cm³/mol. The summed E-state index contributed by atoms with van der Waals surface area (Å²) in [5.41, 5.74) is 8.88. The van der Waals surface area contributed by atoms with Crippen LogP contribution in [0.15, 0.2) is 24.3 Å². The van der Waals surface area contributed by atoms with E-state index in [4.69, 9.17) is 5.73 Å². The fraction of sp³-hybridized carbons (Fsp3) is 0.333. The third-order valence-electron chi connectivity index (χ3n) is 3.95. The summed E-state index contributed by atoms with van der Waals surface area (Å²) in [6, 6.07) is 8.09. The number of thiophene rings is 1. The largest absolute Gasteiger partial charge is 0.378 e. The van der Waals surface area contributed by atoms with Gasteiger partial charge in [0, 0.05) is 31.1 Å². The molecule has 0 radical (unpaired) electrons. The topological polar surface area (TPSA) is 75.4 Å². The van der Waals surface area contributed by atoms with E-state index in [1.165, 1.54) is 11.3 Å². The molecule has 0 bridgehead atoms. The summed E-state index contributed by atoms with van der Waals surface area (Å²) in [6.07, 6.45) is 0.994. The van der Waals surface area contributed by atoms with Crippen LogP contribution in [0.25, 0.3) is 0 Å². The lowest BCUT2D eigenvalue weighted by Crippen LogP contribution is -2.17. The Labute approximate surface area is 146 Å². The third kappa shape index (κ3) is 4.14. The number of nitrogens with two attached hydrogens (primary N) is 1. The highest BCUT2D eigenvalue weighted by Gasteiger charge is 2.18. The van der Waals surface area contributed by atoms with E-state index in [1.54, 1.807) is 0 Å². The summed E-state index contributed by atoms with van der Waals surface area (Å²) in [4.78, 5) is 26.8. The van der Waals surface area contributed by atoms with Crippen molar-refractivity contribution in [1.29, 1.82) is 0 Å². The molecule has 0 unspecified atom stereocenters. The number of nitrogens with one attached hydrogen (secondary N) is 1. The highest BCUT2D eigenvalue weighted by atomic mass is 32.1. The SMILES string of the molecule is Cc1sc(NC(=O)CCc2cccc(N(C)C)c2)c(C(N)=O)c1C. The zero-order valence-corrected chi connectivity index (χ0v) is 15.3. The molecule has 2 rings (SSSR count). The first-order valence-electron chi connectivity index (χ1n) is 7.75. The number of benzene rings is 1. The van der Waals surface area contributed by atoms with Gasteiger partial charge >= 0.3 is 0 Å². The molecule has 2 amide bonds. The molecule has 0 aliphatic heterocycles. The summed E-state index contributed by atoms with van der Waals surface area (Å²) in [5.74, 6) is -0.625. The Morgan fingerprint density at radius 2 is 1.96 bits per heavy atom. The van der Waals surface area contributed by atoms with Gasteiger partial charge in [0.1, 0.15) is 5.00 Å². The molecule has 128 valence electrons. The molecule has 24 heavy (non-hydrogen) atoms. The van der Waals surface area contributed by atoms with E-state index in [-0.39, 0.29) is 5.91 Å². The Bertz CT molecular complexity index is 766. The molecule has 6 heteroatoms. The monoisotopic (exact) mass is 345 g/mol. The molecule has 0 saturated carbocycles. The smallest absolute Gasteiger partial charge is 0.251 e. The van der Waals surface area contributed by atoms with Crippen LogP contribution in [0.3, 0.4) is 0 Å². The van der Waals surface area contributed by atoms with E-state index in [2.05, 4.69) is 11.4 Å². The Morgan fingerprint density at radius 3 is 2.58 bits per heavy atom. The number of anilines is 2. The fourth-order valence-corrected chi connectivity index (χ4v) is 3.53. The maximum Gasteiger partial charge on any atom is 0.251 e. The average molecular weight is 345 g/mol. The Hall–Kier alpha value is -2.34. The number of hydrogen-bond acceptors (Lipinski definition) is 4. The molecule has 0 saturated heterocycles. The van der Waals surface area contributed by atoms with Crippen molar-refractivity contribution in [3.8, 4) is 0 Å². The number of primary amides is 1. The van der Waals surface area contributed by atoms with E-state index < -0.39 is 5.91 Å². The quantitative estimate of drug-likeness (QED) is 0.845. The number of hydrogen-bond donors (Lipinski definition) is 2. The lowest BCUT2D eigenvalue weighted by atomic mass is 10.1. The van der Waals surface area contributed by atoms with E-state index in [1.807, 2.05) is 51.0 Å². The first-order valence-corrected chi connectivity index (χ1v) is 8.57. The van der Waals surface area contributed by atoms with Crippen LogP contribution in [0, 0.1) is 13.8 Å². The minimum atomic E-state index is -0.508. The second kappa shape index (κ2) is 7.49. The molecule has 1 aromatic carbocycles. The van der Waals surface area contributed by atoms with Crippen molar-refractivity contribution in [1.82, 2.24) is 0 Å². The summed E-state index contributed by atoms with van der Waals surface area (Å²) >= 11 is 1.39. The Kier molecular flexibility index (Phi) is 5.62. The summed E-state index contributed by atoms with van der Waals surface area (Å²) in [5, 5.41) is 3.38. The van der Waals surface area contributed by atoms with Crippen LogP contribution >= 0.6 is 11.3 Å². The van der Waals surface area contributed by atoms with E-state index in [0.717, 1.165) is 21.7 Å². The molecular formula is C18H23N3O2S.